The minimum Gasteiger partial charge on any atom is -0.325 e. The molecule has 0 radical (unpaired) electrons. The van der Waals surface area contributed by atoms with Crippen molar-refractivity contribution in [2.24, 2.45) is 5.41 Å². The van der Waals surface area contributed by atoms with Gasteiger partial charge in [0, 0.05) is 36.3 Å². The lowest BCUT2D eigenvalue weighted by Gasteiger charge is -2.27. The second-order valence-electron chi connectivity index (χ2n) is 11.0. The molecule has 2 fully saturated rings. The molecule has 1 N–H and O–H groups in total. The molecular weight excluding hydrogens is 604 g/mol. The number of nitrogens with one attached hydrogen (secondary N) is 1. The first-order chi connectivity index (χ1) is 20.0. The molecule has 2 aliphatic rings. The van der Waals surface area contributed by atoms with Gasteiger partial charge in [-0.3, -0.25) is 24.0 Å². The molecule has 6 rings (SSSR count). The maximum atomic E-state index is 13.9. The fourth-order valence-electron chi connectivity index (χ4n) is 5.80. The van der Waals surface area contributed by atoms with Crippen molar-refractivity contribution in [3.8, 4) is 11.3 Å². The average molecular weight is 631 g/mol. The molecular formula is C29H27BrN8O4. The highest BCUT2D eigenvalue weighted by molar-refractivity contribution is 9.10. The summed E-state index contributed by atoms with van der Waals surface area (Å²) in [5, 5.41) is 7.89. The molecule has 1 saturated heterocycles. The largest absolute Gasteiger partial charge is 0.325 e. The Bertz CT molecular complexity index is 1800. The van der Waals surface area contributed by atoms with Crippen LogP contribution >= 0.6 is 15.9 Å². The molecule has 1 aliphatic heterocycles. The van der Waals surface area contributed by atoms with Crippen molar-refractivity contribution < 1.29 is 19.2 Å². The van der Waals surface area contributed by atoms with E-state index in [1.165, 1.54) is 16.5 Å². The Hall–Kier alpha value is -4.39. The zero-order valence-corrected chi connectivity index (χ0v) is 25.0. The van der Waals surface area contributed by atoms with Crippen LogP contribution in [-0.4, -0.2) is 70.6 Å². The van der Waals surface area contributed by atoms with E-state index in [9.17, 15) is 19.2 Å². The molecule has 3 atom stereocenters. The van der Waals surface area contributed by atoms with Crippen LogP contribution in [-0.2, 0) is 20.9 Å². The predicted molar refractivity (Wildman–Crippen MR) is 155 cm³/mol. The molecule has 1 saturated carbocycles. The number of ketones is 1. The summed E-state index contributed by atoms with van der Waals surface area (Å²) in [5.41, 5.74) is 2.60. The van der Waals surface area contributed by atoms with Crippen LogP contribution in [0.4, 0.5) is 5.82 Å². The van der Waals surface area contributed by atoms with E-state index in [1.807, 2.05) is 13.0 Å². The summed E-state index contributed by atoms with van der Waals surface area (Å²) in [7, 11) is 0. The van der Waals surface area contributed by atoms with E-state index < -0.39 is 17.4 Å². The monoisotopic (exact) mass is 630 g/mol. The second-order valence-corrected chi connectivity index (χ2v) is 11.8. The number of anilines is 1. The normalized spacial score (nSPS) is 20.8. The van der Waals surface area contributed by atoms with E-state index >= 15 is 0 Å². The van der Waals surface area contributed by atoms with Gasteiger partial charge in [-0.05, 0) is 67.2 Å². The van der Waals surface area contributed by atoms with Gasteiger partial charge in [-0.15, -0.1) is 0 Å². The van der Waals surface area contributed by atoms with Crippen molar-refractivity contribution >= 4 is 56.5 Å². The zero-order chi connectivity index (χ0) is 29.9. The highest BCUT2D eigenvalue weighted by Gasteiger charge is 2.67. The van der Waals surface area contributed by atoms with E-state index in [1.54, 1.807) is 38.4 Å². The molecule has 5 heterocycles. The smallest absolute Gasteiger partial charge is 0.248 e. The summed E-state index contributed by atoms with van der Waals surface area (Å²) in [5.74, 6) is -0.0553. The van der Waals surface area contributed by atoms with Gasteiger partial charge in [0.1, 0.15) is 40.8 Å². The van der Waals surface area contributed by atoms with Gasteiger partial charge >= 0.3 is 0 Å². The van der Waals surface area contributed by atoms with Gasteiger partial charge < -0.3 is 15.0 Å². The summed E-state index contributed by atoms with van der Waals surface area (Å²) in [6.07, 6.45) is 4.91. The summed E-state index contributed by atoms with van der Waals surface area (Å²) < 4.78 is 2.02. The number of pyridine rings is 2. The number of Topliss-reactive ketones (excluding diaryl/α,β-unsaturated/α-hetero) is 1. The number of halogens is 1. The number of likely N-dealkylation sites (tertiary alicyclic amines) is 1. The molecule has 1 aliphatic carbocycles. The topological polar surface area (TPSA) is 153 Å². The minimum atomic E-state index is -0.858. The van der Waals surface area contributed by atoms with Gasteiger partial charge in [0.15, 0.2) is 5.78 Å². The van der Waals surface area contributed by atoms with Crippen LogP contribution in [0.1, 0.15) is 47.3 Å². The summed E-state index contributed by atoms with van der Waals surface area (Å²) in [6, 6.07) is 4.10. The zero-order valence-electron chi connectivity index (χ0n) is 23.4. The molecule has 12 nitrogen and oxygen atoms in total. The van der Waals surface area contributed by atoms with Gasteiger partial charge in [-0.1, -0.05) is 6.07 Å². The summed E-state index contributed by atoms with van der Waals surface area (Å²) in [6.45, 7) is 6.57. The van der Waals surface area contributed by atoms with Crippen molar-refractivity contribution in [3.63, 3.8) is 0 Å². The first kappa shape index (κ1) is 27.8. The SMILES string of the molecule is CC(=O)c1nn(CC(=O)N2[C@H](C(=O)Nc3nc(Br)ccc3C)C[C@@]3(C=O)C[C@@H]23)c2c(C)nc(-c3cnc(C)nc3)cc12. The number of aldehydes is 1. The highest BCUT2D eigenvalue weighted by Crippen LogP contribution is 2.58. The molecule has 13 heteroatoms. The Morgan fingerprint density at radius 1 is 1.12 bits per heavy atom. The van der Waals surface area contributed by atoms with Crippen molar-refractivity contribution in [2.45, 2.75) is 59.2 Å². The summed E-state index contributed by atoms with van der Waals surface area (Å²) in [4.78, 5) is 71.0. The molecule has 214 valence electrons. The lowest BCUT2D eigenvalue weighted by molar-refractivity contribution is -0.138. The highest BCUT2D eigenvalue weighted by atomic mass is 79.9. The fraction of sp³-hybridized carbons (Fsp3) is 0.345. The van der Waals surface area contributed by atoms with Crippen LogP contribution in [0.5, 0.6) is 0 Å². The van der Waals surface area contributed by atoms with E-state index in [2.05, 4.69) is 41.3 Å². The molecule has 0 unspecified atom stereocenters. The third-order valence-corrected chi connectivity index (χ3v) is 8.49. The molecule has 0 bridgehead atoms. The maximum Gasteiger partial charge on any atom is 0.248 e. The van der Waals surface area contributed by atoms with Gasteiger partial charge in [0.25, 0.3) is 0 Å². The van der Waals surface area contributed by atoms with Crippen LogP contribution in [0.25, 0.3) is 22.2 Å². The van der Waals surface area contributed by atoms with Crippen LogP contribution < -0.4 is 5.32 Å². The van der Waals surface area contributed by atoms with E-state index in [-0.39, 0.29) is 36.4 Å². The Morgan fingerprint density at radius 2 is 1.86 bits per heavy atom. The molecule has 4 aromatic heterocycles. The molecule has 0 spiro atoms. The number of aromatic nitrogens is 6. The Labute approximate surface area is 249 Å². The van der Waals surface area contributed by atoms with E-state index in [4.69, 9.17) is 4.98 Å². The van der Waals surface area contributed by atoms with E-state index in [0.29, 0.717) is 50.5 Å². The first-order valence-electron chi connectivity index (χ1n) is 13.4. The van der Waals surface area contributed by atoms with E-state index in [0.717, 1.165) is 11.8 Å². The standard InChI is InChI=1S/C29H27BrN8O4/c1-14-5-6-23(30)34-27(14)35-28(42)21-8-29(13-39)9-22(29)38(21)24(41)12-37-26-15(2)33-20(18-10-31-17(4)32-11-18)7-19(26)25(36-37)16(3)40/h5-7,10-11,13,21-22H,8-9,12H2,1-4H3,(H,34,35,42)/t21-,22+,29-/m0/s1. The van der Waals surface area contributed by atoms with Crippen LogP contribution in [0.2, 0.25) is 0 Å². The van der Waals surface area contributed by atoms with Crippen molar-refractivity contribution in [1.82, 2.24) is 34.6 Å². The number of hydrogen-bond donors (Lipinski definition) is 1. The van der Waals surface area contributed by atoms with Gasteiger partial charge in [-0.25, -0.2) is 15.0 Å². The number of fused-ring (bicyclic) bond motifs is 2. The number of amides is 2. The molecule has 4 aromatic rings. The van der Waals surface area contributed by atoms with Crippen molar-refractivity contribution in [1.29, 1.82) is 0 Å². The number of aryl methyl sites for hydroxylation is 3. The minimum absolute atomic E-state index is 0.207. The van der Waals surface area contributed by atoms with Crippen LogP contribution in [0.15, 0.2) is 35.2 Å². The first-order valence-corrected chi connectivity index (χ1v) is 14.2. The van der Waals surface area contributed by atoms with Gasteiger partial charge in [0.05, 0.1) is 22.3 Å². The Morgan fingerprint density at radius 3 is 2.55 bits per heavy atom. The molecule has 2 amide bonds. The van der Waals surface area contributed by atoms with Crippen molar-refractivity contribution in [3.05, 3.63) is 58.0 Å². The molecule has 0 aromatic carbocycles. The quantitative estimate of drug-likeness (QED) is 0.184. The number of hydrogen-bond acceptors (Lipinski definition) is 9. The number of carbonyl (C=O) groups is 4. The van der Waals surface area contributed by atoms with Gasteiger partial charge in [0.2, 0.25) is 11.8 Å². The van der Waals surface area contributed by atoms with Gasteiger partial charge in [-0.2, -0.15) is 5.10 Å². The maximum absolute atomic E-state index is 13.9. The fourth-order valence-corrected chi connectivity index (χ4v) is 6.11. The molecule has 42 heavy (non-hydrogen) atoms. The number of rotatable bonds is 7. The van der Waals surface area contributed by atoms with Crippen molar-refractivity contribution in [2.75, 3.05) is 5.32 Å². The van der Waals surface area contributed by atoms with Crippen LogP contribution in [0, 0.1) is 26.2 Å². The third-order valence-electron chi connectivity index (χ3n) is 8.05. The Kier molecular flexibility index (Phi) is 6.71. The number of nitrogens with zero attached hydrogens (tertiary/aromatic N) is 7. The second kappa shape index (κ2) is 10.2. The van der Waals surface area contributed by atoms with Crippen LogP contribution in [0.3, 0.4) is 0 Å². The number of carbonyl (C=O) groups excluding carboxylic acids is 4. The lowest BCUT2D eigenvalue weighted by atomic mass is 10.0. The number of piperidine rings is 1. The predicted octanol–water partition coefficient (Wildman–Crippen LogP) is 3.37. The average Bonchev–Trinajstić information content (AvgIpc) is 3.37. The third kappa shape index (κ3) is 4.67. The lowest BCUT2D eigenvalue weighted by Crippen LogP contribution is -2.47. The Balaban J connectivity index is 1.33. The summed E-state index contributed by atoms with van der Waals surface area (Å²) >= 11 is 3.32.